The molecule has 0 aromatic heterocycles. The van der Waals surface area contributed by atoms with Crippen LogP contribution in [-0.2, 0) is 0 Å². The lowest BCUT2D eigenvalue weighted by atomic mass is 9.81. The van der Waals surface area contributed by atoms with Gasteiger partial charge in [-0.2, -0.15) is 0 Å². The lowest BCUT2D eigenvalue weighted by Gasteiger charge is -2.39. The Morgan fingerprint density at radius 3 is 1.85 bits per heavy atom. The minimum Gasteiger partial charge on any atom is -0.313 e. The molecule has 0 radical (unpaired) electrons. The highest BCUT2D eigenvalue weighted by molar-refractivity contribution is 4.88. The van der Waals surface area contributed by atoms with Crippen LogP contribution in [0.4, 0.5) is 0 Å². The molecule has 0 spiro atoms. The Morgan fingerprint density at radius 2 is 1.50 bits per heavy atom. The molecule has 20 heavy (non-hydrogen) atoms. The summed E-state index contributed by atoms with van der Waals surface area (Å²) < 4.78 is 0. The topological polar surface area (TPSA) is 15.3 Å². The highest BCUT2D eigenvalue weighted by Crippen LogP contribution is 2.29. The van der Waals surface area contributed by atoms with Gasteiger partial charge in [0.15, 0.2) is 0 Å². The molecule has 0 amide bonds. The third-order valence-corrected chi connectivity index (χ3v) is 4.65. The summed E-state index contributed by atoms with van der Waals surface area (Å²) in [7, 11) is 0. The van der Waals surface area contributed by atoms with Crippen LogP contribution in [-0.4, -0.2) is 37.1 Å². The van der Waals surface area contributed by atoms with E-state index in [0.29, 0.717) is 5.41 Å². The Morgan fingerprint density at radius 1 is 1.00 bits per heavy atom. The highest BCUT2D eigenvalue weighted by atomic mass is 15.1. The standard InChI is InChI=1S/C18H38N2/c1-7-18(8-2,13-19-17-9-10-17)14-20(11-15(3)4)12-16(5)6/h15-17,19H,7-14H2,1-6H3. The summed E-state index contributed by atoms with van der Waals surface area (Å²) in [5.41, 5.74) is 0.465. The van der Waals surface area contributed by atoms with Crippen molar-refractivity contribution in [2.24, 2.45) is 17.3 Å². The molecule has 2 nitrogen and oxygen atoms in total. The van der Waals surface area contributed by atoms with Gasteiger partial charge in [-0.1, -0.05) is 41.5 Å². The zero-order valence-electron chi connectivity index (χ0n) is 14.8. The average Bonchev–Trinajstić information content (AvgIpc) is 3.17. The van der Waals surface area contributed by atoms with Gasteiger partial charge in [0.1, 0.15) is 0 Å². The van der Waals surface area contributed by atoms with E-state index >= 15 is 0 Å². The van der Waals surface area contributed by atoms with Crippen LogP contribution in [0.15, 0.2) is 0 Å². The second kappa shape index (κ2) is 8.38. The molecule has 1 N–H and O–H groups in total. The van der Waals surface area contributed by atoms with Crippen LogP contribution in [0.2, 0.25) is 0 Å². The Bertz CT molecular complexity index is 242. The van der Waals surface area contributed by atoms with E-state index in [1.807, 2.05) is 0 Å². The largest absolute Gasteiger partial charge is 0.313 e. The molecule has 0 aliphatic heterocycles. The molecule has 1 aliphatic carbocycles. The van der Waals surface area contributed by atoms with Gasteiger partial charge in [-0.15, -0.1) is 0 Å². The SMILES string of the molecule is CCC(CC)(CNC1CC1)CN(CC(C)C)CC(C)C. The summed E-state index contributed by atoms with van der Waals surface area (Å²) in [5.74, 6) is 1.52. The zero-order valence-corrected chi connectivity index (χ0v) is 14.8. The normalized spacial score (nSPS) is 16.6. The van der Waals surface area contributed by atoms with Crippen LogP contribution in [0.3, 0.4) is 0 Å². The molecule has 0 heterocycles. The van der Waals surface area contributed by atoms with Gasteiger partial charge in [0.25, 0.3) is 0 Å². The third kappa shape index (κ3) is 6.58. The quantitative estimate of drug-likeness (QED) is 0.612. The predicted octanol–water partition coefficient (Wildman–Crippen LogP) is 4.16. The fraction of sp³-hybridized carbons (Fsp3) is 1.00. The van der Waals surface area contributed by atoms with E-state index in [-0.39, 0.29) is 0 Å². The minimum absolute atomic E-state index is 0.465. The van der Waals surface area contributed by atoms with Crippen LogP contribution < -0.4 is 5.32 Å². The van der Waals surface area contributed by atoms with Crippen molar-refractivity contribution in [1.29, 1.82) is 0 Å². The molecule has 0 saturated heterocycles. The number of nitrogens with zero attached hydrogens (tertiary/aromatic N) is 1. The number of hydrogen-bond donors (Lipinski definition) is 1. The molecule has 0 atom stereocenters. The summed E-state index contributed by atoms with van der Waals surface area (Å²) in [6.07, 6.45) is 5.36. The maximum absolute atomic E-state index is 3.78. The van der Waals surface area contributed by atoms with Crippen molar-refractivity contribution >= 4 is 0 Å². The molecule has 1 rings (SSSR count). The molecule has 120 valence electrons. The van der Waals surface area contributed by atoms with Gasteiger partial charge in [-0.05, 0) is 42.9 Å². The van der Waals surface area contributed by atoms with Crippen molar-refractivity contribution in [2.45, 2.75) is 73.3 Å². The van der Waals surface area contributed by atoms with Crippen LogP contribution >= 0.6 is 0 Å². The molecule has 0 unspecified atom stereocenters. The van der Waals surface area contributed by atoms with E-state index in [0.717, 1.165) is 17.9 Å². The average molecular weight is 283 g/mol. The summed E-state index contributed by atoms with van der Waals surface area (Å²) in [6.45, 7) is 19.1. The van der Waals surface area contributed by atoms with Crippen molar-refractivity contribution < 1.29 is 0 Å². The van der Waals surface area contributed by atoms with E-state index in [1.165, 1.54) is 51.9 Å². The van der Waals surface area contributed by atoms with Crippen LogP contribution in [0.5, 0.6) is 0 Å². The molecule has 1 aliphatic rings. The van der Waals surface area contributed by atoms with Crippen molar-refractivity contribution in [3.05, 3.63) is 0 Å². The first-order valence-corrected chi connectivity index (χ1v) is 8.86. The maximum Gasteiger partial charge on any atom is 0.00684 e. The maximum atomic E-state index is 3.78. The molecule has 0 aromatic carbocycles. The second-order valence-electron chi connectivity index (χ2n) is 7.84. The molecule has 1 saturated carbocycles. The van der Waals surface area contributed by atoms with Gasteiger partial charge in [0, 0.05) is 32.2 Å². The van der Waals surface area contributed by atoms with Crippen LogP contribution in [0.1, 0.15) is 67.2 Å². The molecular formula is C18H38N2. The van der Waals surface area contributed by atoms with E-state index in [1.54, 1.807) is 0 Å². The van der Waals surface area contributed by atoms with Gasteiger partial charge < -0.3 is 10.2 Å². The van der Waals surface area contributed by atoms with Gasteiger partial charge in [0.05, 0.1) is 0 Å². The van der Waals surface area contributed by atoms with Gasteiger partial charge in [0.2, 0.25) is 0 Å². The first-order valence-electron chi connectivity index (χ1n) is 8.86. The summed E-state index contributed by atoms with van der Waals surface area (Å²) >= 11 is 0. The van der Waals surface area contributed by atoms with Gasteiger partial charge in [-0.3, -0.25) is 0 Å². The van der Waals surface area contributed by atoms with E-state index in [9.17, 15) is 0 Å². The predicted molar refractivity (Wildman–Crippen MR) is 90.2 cm³/mol. The second-order valence-corrected chi connectivity index (χ2v) is 7.84. The van der Waals surface area contributed by atoms with Crippen LogP contribution in [0, 0.1) is 17.3 Å². The minimum atomic E-state index is 0.465. The fourth-order valence-corrected chi connectivity index (χ4v) is 3.14. The van der Waals surface area contributed by atoms with E-state index < -0.39 is 0 Å². The fourth-order valence-electron chi connectivity index (χ4n) is 3.14. The van der Waals surface area contributed by atoms with Crippen LogP contribution in [0.25, 0.3) is 0 Å². The Kier molecular flexibility index (Phi) is 7.53. The smallest absolute Gasteiger partial charge is 0.00684 e. The zero-order chi connectivity index (χ0) is 15.2. The summed E-state index contributed by atoms with van der Waals surface area (Å²) in [6, 6.07) is 0.830. The Labute approximate surface area is 127 Å². The lowest BCUT2D eigenvalue weighted by Crippen LogP contribution is -2.46. The molecule has 0 bridgehead atoms. The van der Waals surface area contributed by atoms with Crippen molar-refractivity contribution in [3.8, 4) is 0 Å². The monoisotopic (exact) mass is 282 g/mol. The summed E-state index contributed by atoms with van der Waals surface area (Å²) in [5, 5.41) is 3.78. The van der Waals surface area contributed by atoms with Crippen molar-refractivity contribution in [3.63, 3.8) is 0 Å². The first kappa shape index (κ1) is 18.0. The highest BCUT2D eigenvalue weighted by Gasteiger charge is 2.31. The van der Waals surface area contributed by atoms with Gasteiger partial charge >= 0.3 is 0 Å². The number of rotatable bonds is 11. The number of hydrogen-bond acceptors (Lipinski definition) is 2. The molecule has 1 fully saturated rings. The molecular weight excluding hydrogens is 244 g/mol. The van der Waals surface area contributed by atoms with Crippen molar-refractivity contribution in [2.75, 3.05) is 26.2 Å². The number of nitrogens with one attached hydrogen (secondary N) is 1. The Balaban J connectivity index is 2.60. The van der Waals surface area contributed by atoms with E-state index in [2.05, 4.69) is 51.8 Å². The third-order valence-electron chi connectivity index (χ3n) is 4.65. The molecule has 2 heteroatoms. The molecule has 0 aromatic rings. The van der Waals surface area contributed by atoms with Crippen molar-refractivity contribution in [1.82, 2.24) is 10.2 Å². The van der Waals surface area contributed by atoms with E-state index in [4.69, 9.17) is 0 Å². The first-order chi connectivity index (χ1) is 9.40. The van der Waals surface area contributed by atoms with Gasteiger partial charge in [-0.25, -0.2) is 0 Å². The Hall–Kier alpha value is -0.0800. The lowest BCUT2D eigenvalue weighted by molar-refractivity contribution is 0.113. The summed E-state index contributed by atoms with van der Waals surface area (Å²) in [4.78, 5) is 2.72.